The van der Waals surface area contributed by atoms with Crippen LogP contribution in [0.15, 0.2) is 36.4 Å². The largest absolute Gasteiger partial charge is 0.481 e. The van der Waals surface area contributed by atoms with E-state index in [2.05, 4.69) is 5.32 Å². The first-order valence-electron chi connectivity index (χ1n) is 9.10. The van der Waals surface area contributed by atoms with Gasteiger partial charge in [-0.25, -0.2) is 4.39 Å². The molecule has 1 saturated heterocycles. The summed E-state index contributed by atoms with van der Waals surface area (Å²) in [6, 6.07) is 11.0. The minimum Gasteiger partial charge on any atom is -0.481 e. The standard InChI is InChI=1S/C21H24ClFN2O2/c1-13-10-15(6-7-18(13)22)14(2)24-19-5-3-4-16(20(19)23)11-25-9-8-17(12-25)21(26)27/h3-7,10,14,17,24H,8-9,11-12H2,1-2H3,(H,26,27). The molecule has 1 heterocycles. The van der Waals surface area contributed by atoms with Crippen LogP contribution in [0.4, 0.5) is 10.1 Å². The molecule has 0 amide bonds. The van der Waals surface area contributed by atoms with Crippen LogP contribution in [0.2, 0.25) is 5.02 Å². The maximum Gasteiger partial charge on any atom is 0.307 e. The van der Waals surface area contributed by atoms with Crippen molar-refractivity contribution < 1.29 is 14.3 Å². The smallest absolute Gasteiger partial charge is 0.307 e. The number of hydrogen-bond acceptors (Lipinski definition) is 3. The van der Waals surface area contributed by atoms with E-state index in [0.29, 0.717) is 42.3 Å². The summed E-state index contributed by atoms with van der Waals surface area (Å²) in [6.45, 7) is 5.48. The summed E-state index contributed by atoms with van der Waals surface area (Å²) in [5.41, 5.74) is 3.04. The van der Waals surface area contributed by atoms with Crippen LogP contribution in [0.1, 0.15) is 36.1 Å². The fraction of sp³-hybridized carbons (Fsp3) is 0.381. The third kappa shape index (κ3) is 4.60. The summed E-state index contributed by atoms with van der Waals surface area (Å²) >= 11 is 6.08. The number of nitrogens with one attached hydrogen (secondary N) is 1. The first kappa shape index (κ1) is 19.6. The van der Waals surface area contributed by atoms with E-state index in [1.807, 2.05) is 43.0 Å². The van der Waals surface area contributed by atoms with Gasteiger partial charge in [-0.1, -0.05) is 35.9 Å². The highest BCUT2D eigenvalue weighted by atomic mass is 35.5. The minimum absolute atomic E-state index is 0.0751. The summed E-state index contributed by atoms with van der Waals surface area (Å²) in [5, 5.41) is 13.1. The maximum absolute atomic E-state index is 15.0. The fourth-order valence-electron chi connectivity index (χ4n) is 3.49. The second-order valence-electron chi connectivity index (χ2n) is 7.21. The van der Waals surface area contributed by atoms with Gasteiger partial charge in [-0.15, -0.1) is 0 Å². The van der Waals surface area contributed by atoms with E-state index in [9.17, 15) is 9.18 Å². The number of nitrogens with zero attached hydrogens (tertiary/aromatic N) is 1. The number of benzene rings is 2. The number of hydrogen-bond donors (Lipinski definition) is 2. The maximum atomic E-state index is 15.0. The number of halogens is 2. The number of anilines is 1. The molecular weight excluding hydrogens is 367 g/mol. The van der Waals surface area contributed by atoms with Gasteiger partial charge in [0.2, 0.25) is 0 Å². The Morgan fingerprint density at radius 3 is 2.85 bits per heavy atom. The summed E-state index contributed by atoms with van der Waals surface area (Å²) in [5.74, 6) is -1.42. The highest BCUT2D eigenvalue weighted by Crippen LogP contribution is 2.27. The van der Waals surface area contributed by atoms with Crippen molar-refractivity contribution in [3.05, 3.63) is 63.9 Å². The average Bonchev–Trinajstić information content (AvgIpc) is 3.09. The van der Waals surface area contributed by atoms with E-state index in [-0.39, 0.29) is 17.8 Å². The molecular formula is C21H24ClFN2O2. The van der Waals surface area contributed by atoms with E-state index in [1.54, 1.807) is 12.1 Å². The van der Waals surface area contributed by atoms with Gasteiger partial charge in [-0.05, 0) is 50.1 Å². The summed E-state index contributed by atoms with van der Waals surface area (Å²) < 4.78 is 15.0. The van der Waals surface area contributed by atoms with Crippen molar-refractivity contribution in [2.45, 2.75) is 32.9 Å². The molecule has 0 aromatic heterocycles. The number of carbonyl (C=O) groups is 1. The summed E-state index contributed by atoms with van der Waals surface area (Å²) in [6.07, 6.45) is 0.613. The van der Waals surface area contributed by atoms with Crippen LogP contribution in [0, 0.1) is 18.7 Å². The molecule has 0 radical (unpaired) electrons. The van der Waals surface area contributed by atoms with Crippen molar-refractivity contribution in [2.24, 2.45) is 5.92 Å². The van der Waals surface area contributed by atoms with E-state index in [0.717, 1.165) is 11.1 Å². The van der Waals surface area contributed by atoms with Crippen molar-refractivity contribution in [2.75, 3.05) is 18.4 Å². The predicted octanol–water partition coefficient (Wildman–Crippen LogP) is 4.87. The molecule has 2 unspecified atom stereocenters. The first-order valence-corrected chi connectivity index (χ1v) is 9.48. The van der Waals surface area contributed by atoms with E-state index in [4.69, 9.17) is 16.7 Å². The lowest BCUT2D eigenvalue weighted by atomic mass is 10.0. The van der Waals surface area contributed by atoms with Crippen LogP contribution < -0.4 is 5.32 Å². The Morgan fingerprint density at radius 2 is 2.19 bits per heavy atom. The fourth-order valence-corrected chi connectivity index (χ4v) is 3.60. The number of rotatable bonds is 6. The molecule has 2 atom stereocenters. The highest BCUT2D eigenvalue weighted by Gasteiger charge is 2.28. The van der Waals surface area contributed by atoms with Crippen LogP contribution in [0.25, 0.3) is 0 Å². The first-order chi connectivity index (χ1) is 12.8. The molecule has 1 aliphatic rings. The zero-order valence-electron chi connectivity index (χ0n) is 15.5. The van der Waals surface area contributed by atoms with Crippen molar-refractivity contribution in [3.8, 4) is 0 Å². The van der Waals surface area contributed by atoms with Gasteiger partial charge < -0.3 is 10.4 Å². The molecule has 2 N–H and O–H groups in total. The molecule has 4 nitrogen and oxygen atoms in total. The van der Waals surface area contributed by atoms with Crippen molar-refractivity contribution in [3.63, 3.8) is 0 Å². The van der Waals surface area contributed by atoms with Gasteiger partial charge in [-0.2, -0.15) is 0 Å². The Hall–Kier alpha value is -2.11. The molecule has 1 aliphatic heterocycles. The van der Waals surface area contributed by atoms with Gasteiger partial charge in [0.05, 0.1) is 11.6 Å². The van der Waals surface area contributed by atoms with Crippen molar-refractivity contribution in [1.29, 1.82) is 0 Å². The van der Waals surface area contributed by atoms with Crippen LogP contribution in [0.3, 0.4) is 0 Å². The van der Waals surface area contributed by atoms with Gasteiger partial charge in [0.25, 0.3) is 0 Å². The summed E-state index contributed by atoms with van der Waals surface area (Å²) in [4.78, 5) is 13.1. The van der Waals surface area contributed by atoms with E-state index in [1.165, 1.54) is 0 Å². The number of carboxylic acids is 1. The lowest BCUT2D eigenvalue weighted by Crippen LogP contribution is -2.23. The molecule has 2 aromatic rings. The average molecular weight is 391 g/mol. The van der Waals surface area contributed by atoms with Gasteiger partial charge in [0.15, 0.2) is 5.82 Å². The lowest BCUT2D eigenvalue weighted by molar-refractivity contribution is -0.141. The third-order valence-electron chi connectivity index (χ3n) is 5.15. The van der Waals surface area contributed by atoms with Crippen LogP contribution in [0.5, 0.6) is 0 Å². The normalized spacial score (nSPS) is 18.4. The van der Waals surface area contributed by atoms with Gasteiger partial charge in [0, 0.05) is 29.7 Å². The second kappa shape index (κ2) is 8.28. The molecule has 0 saturated carbocycles. The lowest BCUT2D eigenvalue weighted by Gasteiger charge is -2.20. The molecule has 0 bridgehead atoms. The second-order valence-corrected chi connectivity index (χ2v) is 7.62. The van der Waals surface area contributed by atoms with Gasteiger partial charge >= 0.3 is 5.97 Å². The Bertz CT molecular complexity index is 843. The molecule has 6 heteroatoms. The molecule has 3 rings (SSSR count). The zero-order chi connectivity index (χ0) is 19.6. The molecule has 144 valence electrons. The molecule has 2 aromatic carbocycles. The van der Waals surface area contributed by atoms with Crippen LogP contribution >= 0.6 is 11.6 Å². The number of carboxylic acid groups (broad SMARTS) is 1. The Kier molecular flexibility index (Phi) is 6.02. The predicted molar refractivity (Wildman–Crippen MR) is 106 cm³/mol. The molecule has 27 heavy (non-hydrogen) atoms. The Morgan fingerprint density at radius 1 is 1.41 bits per heavy atom. The highest BCUT2D eigenvalue weighted by molar-refractivity contribution is 6.31. The zero-order valence-corrected chi connectivity index (χ0v) is 16.3. The quantitative estimate of drug-likeness (QED) is 0.739. The van der Waals surface area contributed by atoms with Gasteiger partial charge in [-0.3, -0.25) is 9.69 Å². The Labute approximate surface area is 164 Å². The third-order valence-corrected chi connectivity index (χ3v) is 5.57. The minimum atomic E-state index is -0.777. The molecule has 0 spiro atoms. The van der Waals surface area contributed by atoms with E-state index >= 15 is 0 Å². The van der Waals surface area contributed by atoms with Crippen LogP contribution in [-0.2, 0) is 11.3 Å². The van der Waals surface area contributed by atoms with Crippen LogP contribution in [-0.4, -0.2) is 29.1 Å². The van der Waals surface area contributed by atoms with E-state index < -0.39 is 5.97 Å². The van der Waals surface area contributed by atoms with Gasteiger partial charge in [0.1, 0.15) is 0 Å². The number of aliphatic carboxylic acids is 1. The number of aryl methyl sites for hydroxylation is 1. The van der Waals surface area contributed by atoms with Crippen molar-refractivity contribution >= 4 is 23.3 Å². The Balaban J connectivity index is 1.71. The topological polar surface area (TPSA) is 52.6 Å². The summed E-state index contributed by atoms with van der Waals surface area (Å²) in [7, 11) is 0. The molecule has 1 fully saturated rings. The monoisotopic (exact) mass is 390 g/mol. The number of likely N-dealkylation sites (tertiary alicyclic amines) is 1. The molecule has 0 aliphatic carbocycles. The SMILES string of the molecule is Cc1cc(C(C)Nc2cccc(CN3CCC(C(=O)O)C3)c2F)ccc1Cl. The van der Waals surface area contributed by atoms with Crippen molar-refractivity contribution in [1.82, 2.24) is 4.90 Å².